The minimum atomic E-state index is -1.16. The van der Waals surface area contributed by atoms with E-state index in [1.54, 1.807) is 18.2 Å². The van der Waals surface area contributed by atoms with Gasteiger partial charge >= 0.3 is 5.97 Å². The Morgan fingerprint density at radius 3 is 2.62 bits per heavy atom. The molecule has 84 valence electrons. The molecule has 0 unspecified atom stereocenters. The smallest absolute Gasteiger partial charge is 0.311 e. The number of benzene rings is 1. The van der Waals surface area contributed by atoms with Gasteiger partial charge in [0.05, 0.1) is 10.0 Å². The summed E-state index contributed by atoms with van der Waals surface area (Å²) < 4.78 is 0. The fraction of sp³-hybridized carbons (Fsp3) is 0.0909. The molecule has 0 bridgehead atoms. The van der Waals surface area contributed by atoms with Gasteiger partial charge in [-0.05, 0) is 23.8 Å². The maximum absolute atomic E-state index is 11.1. The molecule has 0 aliphatic carbocycles. The fourth-order valence-electron chi connectivity index (χ4n) is 1.04. The maximum atomic E-state index is 11.1. The predicted octanol–water partition coefficient (Wildman–Crippen LogP) is 3.05. The molecule has 1 rings (SSSR count). The molecule has 3 nitrogen and oxygen atoms in total. The first kappa shape index (κ1) is 12.7. The average molecular weight is 259 g/mol. The Kier molecular flexibility index (Phi) is 4.52. The number of carbonyl (C=O) groups is 2. The SMILES string of the molecule is O=C(O)CC(=O)/C=C\c1cccc(Cl)c1Cl. The quantitative estimate of drug-likeness (QED) is 0.667. The average Bonchev–Trinajstić information content (AvgIpc) is 2.19. The number of rotatable bonds is 4. The number of hydrogen-bond acceptors (Lipinski definition) is 2. The lowest BCUT2D eigenvalue weighted by Crippen LogP contribution is -2.02. The molecule has 1 aromatic carbocycles. The van der Waals surface area contributed by atoms with Crippen molar-refractivity contribution in [3.05, 3.63) is 39.9 Å². The van der Waals surface area contributed by atoms with Crippen LogP contribution in [-0.4, -0.2) is 16.9 Å². The molecule has 0 saturated carbocycles. The number of aliphatic carboxylic acids is 1. The van der Waals surface area contributed by atoms with E-state index in [1.165, 1.54) is 12.2 Å². The van der Waals surface area contributed by atoms with E-state index in [9.17, 15) is 9.59 Å². The van der Waals surface area contributed by atoms with Crippen LogP contribution < -0.4 is 0 Å². The van der Waals surface area contributed by atoms with Crippen molar-refractivity contribution in [1.29, 1.82) is 0 Å². The number of carbonyl (C=O) groups excluding carboxylic acids is 1. The zero-order valence-corrected chi connectivity index (χ0v) is 9.63. The molecule has 0 aliphatic rings. The van der Waals surface area contributed by atoms with Crippen LogP contribution in [0.15, 0.2) is 24.3 Å². The summed E-state index contributed by atoms with van der Waals surface area (Å²) in [5.74, 6) is -1.66. The summed E-state index contributed by atoms with van der Waals surface area (Å²) in [6.45, 7) is 0. The van der Waals surface area contributed by atoms with Crippen LogP contribution in [0.3, 0.4) is 0 Å². The molecule has 0 heterocycles. The second-order valence-corrected chi connectivity index (χ2v) is 3.80. The summed E-state index contributed by atoms with van der Waals surface area (Å²) in [6.07, 6.45) is 2.08. The molecule has 16 heavy (non-hydrogen) atoms. The molecular formula is C11H8Cl2O3. The normalized spacial score (nSPS) is 10.6. The highest BCUT2D eigenvalue weighted by molar-refractivity contribution is 6.42. The van der Waals surface area contributed by atoms with Gasteiger partial charge in [-0.15, -0.1) is 0 Å². The van der Waals surface area contributed by atoms with Gasteiger partial charge in [-0.1, -0.05) is 35.3 Å². The molecule has 0 fully saturated rings. The van der Waals surface area contributed by atoms with E-state index >= 15 is 0 Å². The standard InChI is InChI=1S/C11H8Cl2O3/c12-9-3-1-2-7(11(9)13)4-5-8(14)6-10(15)16/h1-5H,6H2,(H,15,16)/b5-4-. The molecule has 0 saturated heterocycles. The van der Waals surface area contributed by atoms with Gasteiger partial charge in [0.15, 0.2) is 5.78 Å². The van der Waals surface area contributed by atoms with Crippen LogP contribution in [0.2, 0.25) is 10.0 Å². The number of hydrogen-bond donors (Lipinski definition) is 1. The van der Waals surface area contributed by atoms with Crippen molar-refractivity contribution in [2.75, 3.05) is 0 Å². The van der Waals surface area contributed by atoms with Crippen LogP contribution in [0.25, 0.3) is 6.08 Å². The van der Waals surface area contributed by atoms with Crippen LogP contribution in [-0.2, 0) is 9.59 Å². The number of carboxylic acid groups (broad SMARTS) is 1. The van der Waals surface area contributed by atoms with Gasteiger partial charge in [-0.3, -0.25) is 9.59 Å². The third kappa shape index (κ3) is 3.68. The lowest BCUT2D eigenvalue weighted by Gasteiger charge is -1.99. The maximum Gasteiger partial charge on any atom is 0.311 e. The van der Waals surface area contributed by atoms with Crippen LogP contribution >= 0.6 is 23.2 Å². The highest BCUT2D eigenvalue weighted by Gasteiger charge is 2.05. The van der Waals surface area contributed by atoms with Gasteiger partial charge < -0.3 is 5.11 Å². The van der Waals surface area contributed by atoms with Crippen molar-refractivity contribution in [1.82, 2.24) is 0 Å². The number of ketones is 1. The third-order valence-corrected chi connectivity index (χ3v) is 2.59. The Morgan fingerprint density at radius 2 is 2.00 bits per heavy atom. The largest absolute Gasteiger partial charge is 0.481 e. The zero-order chi connectivity index (χ0) is 12.1. The highest BCUT2D eigenvalue weighted by atomic mass is 35.5. The Balaban J connectivity index is 2.80. The second-order valence-electron chi connectivity index (χ2n) is 3.01. The molecule has 0 aliphatic heterocycles. The van der Waals surface area contributed by atoms with Gasteiger partial charge in [0, 0.05) is 0 Å². The molecule has 1 aromatic rings. The van der Waals surface area contributed by atoms with E-state index in [-0.39, 0.29) is 0 Å². The first-order valence-electron chi connectivity index (χ1n) is 4.37. The van der Waals surface area contributed by atoms with Crippen molar-refractivity contribution >= 4 is 41.0 Å². The van der Waals surface area contributed by atoms with Crippen LogP contribution in [0.4, 0.5) is 0 Å². The predicted molar refractivity (Wildman–Crippen MR) is 62.8 cm³/mol. The zero-order valence-electron chi connectivity index (χ0n) is 8.11. The second kappa shape index (κ2) is 5.68. The topological polar surface area (TPSA) is 54.4 Å². The summed E-state index contributed by atoms with van der Waals surface area (Å²) >= 11 is 11.6. The summed E-state index contributed by atoms with van der Waals surface area (Å²) in [7, 11) is 0. The number of carboxylic acids is 1. The van der Waals surface area contributed by atoms with Gasteiger partial charge in [0.1, 0.15) is 6.42 Å². The molecule has 0 aromatic heterocycles. The summed E-state index contributed by atoms with van der Waals surface area (Å²) in [5, 5.41) is 9.10. The number of allylic oxidation sites excluding steroid dienone is 1. The van der Waals surface area contributed by atoms with Gasteiger partial charge in [-0.25, -0.2) is 0 Å². The minimum absolute atomic E-state index is 0.337. The van der Waals surface area contributed by atoms with E-state index in [1.807, 2.05) is 0 Å². The Morgan fingerprint density at radius 1 is 1.31 bits per heavy atom. The van der Waals surface area contributed by atoms with Gasteiger partial charge in [-0.2, -0.15) is 0 Å². The van der Waals surface area contributed by atoms with Crippen LogP contribution in [0, 0.1) is 0 Å². The van der Waals surface area contributed by atoms with Gasteiger partial charge in [0.2, 0.25) is 0 Å². The van der Waals surface area contributed by atoms with Crippen molar-refractivity contribution in [3.8, 4) is 0 Å². The van der Waals surface area contributed by atoms with E-state index in [0.717, 1.165) is 0 Å². The Bertz CT molecular complexity index is 453. The highest BCUT2D eigenvalue weighted by Crippen LogP contribution is 2.26. The van der Waals surface area contributed by atoms with E-state index in [4.69, 9.17) is 28.3 Å². The van der Waals surface area contributed by atoms with Crippen molar-refractivity contribution in [2.24, 2.45) is 0 Å². The minimum Gasteiger partial charge on any atom is -0.481 e. The third-order valence-electron chi connectivity index (χ3n) is 1.76. The first-order chi connectivity index (χ1) is 7.50. The summed E-state index contributed by atoms with van der Waals surface area (Å²) in [4.78, 5) is 21.3. The van der Waals surface area contributed by atoms with E-state index < -0.39 is 18.2 Å². The molecule has 0 spiro atoms. The first-order valence-corrected chi connectivity index (χ1v) is 5.13. The summed E-state index contributed by atoms with van der Waals surface area (Å²) in [5.41, 5.74) is 0.577. The van der Waals surface area contributed by atoms with Crippen molar-refractivity contribution in [2.45, 2.75) is 6.42 Å². The van der Waals surface area contributed by atoms with E-state index in [0.29, 0.717) is 15.6 Å². The molecule has 0 atom stereocenters. The van der Waals surface area contributed by atoms with E-state index in [2.05, 4.69) is 0 Å². The lowest BCUT2D eigenvalue weighted by molar-refractivity contribution is -0.139. The summed E-state index contributed by atoms with van der Waals surface area (Å²) in [6, 6.07) is 4.99. The van der Waals surface area contributed by atoms with Crippen molar-refractivity contribution in [3.63, 3.8) is 0 Å². The lowest BCUT2D eigenvalue weighted by atomic mass is 10.2. The van der Waals surface area contributed by atoms with Crippen molar-refractivity contribution < 1.29 is 14.7 Å². The number of halogens is 2. The van der Waals surface area contributed by atoms with Crippen LogP contribution in [0.1, 0.15) is 12.0 Å². The van der Waals surface area contributed by atoms with Gasteiger partial charge in [0.25, 0.3) is 0 Å². The van der Waals surface area contributed by atoms with Crippen LogP contribution in [0.5, 0.6) is 0 Å². The molecule has 0 radical (unpaired) electrons. The molecular weight excluding hydrogens is 251 g/mol. The monoisotopic (exact) mass is 258 g/mol. The Labute approximate surface area is 102 Å². The molecule has 0 amide bonds. The Hall–Kier alpha value is -1.32. The fourth-order valence-corrected chi connectivity index (χ4v) is 1.41. The molecule has 5 heteroatoms. The molecule has 1 N–H and O–H groups in total.